The zero-order valence-electron chi connectivity index (χ0n) is 23.9. The number of hydrogen-bond donors (Lipinski definition) is 2. The van der Waals surface area contributed by atoms with Crippen LogP contribution in [0.5, 0.6) is 5.75 Å². The van der Waals surface area contributed by atoms with Crippen molar-refractivity contribution in [2.75, 3.05) is 51.8 Å². The normalized spacial score (nSPS) is 18.8. The smallest absolute Gasteiger partial charge is 0.411 e. The first kappa shape index (κ1) is 29.1. The topological polar surface area (TPSA) is 109 Å². The van der Waals surface area contributed by atoms with Gasteiger partial charge >= 0.3 is 6.09 Å². The molecule has 0 aromatic heterocycles. The van der Waals surface area contributed by atoms with E-state index in [9.17, 15) is 14.4 Å². The molecule has 3 aromatic rings. The van der Waals surface area contributed by atoms with Crippen molar-refractivity contribution in [3.63, 3.8) is 0 Å². The van der Waals surface area contributed by atoms with Gasteiger partial charge in [0.2, 0.25) is 5.91 Å². The molecule has 42 heavy (non-hydrogen) atoms. The van der Waals surface area contributed by atoms with Gasteiger partial charge in [0.05, 0.1) is 26.9 Å². The van der Waals surface area contributed by atoms with E-state index in [2.05, 4.69) is 15.5 Å². The Bertz CT molecular complexity index is 1390. The van der Waals surface area contributed by atoms with Gasteiger partial charge in [-0.3, -0.25) is 19.4 Å². The van der Waals surface area contributed by atoms with Gasteiger partial charge in [-0.2, -0.15) is 0 Å². The lowest BCUT2D eigenvalue weighted by Gasteiger charge is -2.28. The van der Waals surface area contributed by atoms with Crippen molar-refractivity contribution in [2.45, 2.75) is 25.6 Å². The fourth-order valence-electron chi connectivity index (χ4n) is 5.09. The van der Waals surface area contributed by atoms with E-state index in [1.165, 1.54) is 4.90 Å². The molecule has 5 rings (SSSR count). The van der Waals surface area contributed by atoms with Crippen LogP contribution in [0.15, 0.2) is 72.8 Å². The van der Waals surface area contributed by atoms with E-state index in [-0.39, 0.29) is 18.4 Å². The summed E-state index contributed by atoms with van der Waals surface area (Å²) in [5.41, 5.74) is 3.70. The minimum Gasteiger partial charge on any atom is -0.497 e. The average molecular weight is 573 g/mol. The second kappa shape index (κ2) is 13.5. The molecule has 0 aliphatic carbocycles. The van der Waals surface area contributed by atoms with E-state index in [0.29, 0.717) is 48.9 Å². The number of methoxy groups -OCH3 is 1. The highest BCUT2D eigenvalue weighted by Gasteiger charge is 2.46. The van der Waals surface area contributed by atoms with Gasteiger partial charge in [-0.25, -0.2) is 4.79 Å². The van der Waals surface area contributed by atoms with E-state index in [1.807, 2.05) is 31.2 Å². The van der Waals surface area contributed by atoms with Crippen molar-refractivity contribution < 1.29 is 28.6 Å². The number of carbonyl (C=O) groups excluding carboxylic acids is 3. The van der Waals surface area contributed by atoms with Crippen LogP contribution in [0.25, 0.3) is 0 Å². The van der Waals surface area contributed by atoms with Gasteiger partial charge in [-0.1, -0.05) is 48.0 Å². The number of anilines is 1. The summed E-state index contributed by atoms with van der Waals surface area (Å²) in [4.78, 5) is 43.2. The van der Waals surface area contributed by atoms with Crippen molar-refractivity contribution in [1.82, 2.24) is 15.1 Å². The van der Waals surface area contributed by atoms with Gasteiger partial charge in [-0.05, 0) is 48.4 Å². The highest BCUT2D eigenvalue weighted by molar-refractivity contribution is 6.04. The van der Waals surface area contributed by atoms with E-state index < -0.39 is 18.2 Å². The molecule has 2 unspecified atom stereocenters. The van der Waals surface area contributed by atoms with Gasteiger partial charge in [0.1, 0.15) is 5.75 Å². The lowest BCUT2D eigenvalue weighted by atomic mass is 10.00. The maximum absolute atomic E-state index is 13.6. The first-order chi connectivity index (χ1) is 20.4. The summed E-state index contributed by atoms with van der Waals surface area (Å²) in [7, 11) is 1.55. The summed E-state index contributed by atoms with van der Waals surface area (Å²) in [5.74, 6) is 0.0304. The Kier molecular flexibility index (Phi) is 9.35. The number of aryl methyl sites for hydroxylation is 1. The van der Waals surface area contributed by atoms with Crippen LogP contribution in [0.4, 0.5) is 10.5 Å². The third-order valence-corrected chi connectivity index (χ3v) is 7.49. The molecule has 10 heteroatoms. The summed E-state index contributed by atoms with van der Waals surface area (Å²) < 4.78 is 16.4. The quantitative estimate of drug-likeness (QED) is 0.381. The Morgan fingerprint density at radius 3 is 2.45 bits per heavy atom. The van der Waals surface area contributed by atoms with Crippen molar-refractivity contribution in [3.05, 3.63) is 95.1 Å². The van der Waals surface area contributed by atoms with Gasteiger partial charge in [0.25, 0.3) is 5.91 Å². The molecular formula is C32H36N4O6. The molecule has 2 heterocycles. The first-order valence-electron chi connectivity index (χ1n) is 14.1. The van der Waals surface area contributed by atoms with Crippen LogP contribution in [-0.2, 0) is 20.8 Å². The van der Waals surface area contributed by atoms with Crippen LogP contribution < -0.4 is 15.4 Å². The van der Waals surface area contributed by atoms with Crippen molar-refractivity contribution in [2.24, 2.45) is 0 Å². The number of hydrogen-bond acceptors (Lipinski definition) is 7. The second-order valence-corrected chi connectivity index (χ2v) is 10.4. The van der Waals surface area contributed by atoms with Gasteiger partial charge in [-0.15, -0.1) is 0 Å². The molecule has 0 bridgehead atoms. The molecule has 0 radical (unpaired) electrons. The number of morpholine rings is 1. The summed E-state index contributed by atoms with van der Waals surface area (Å²) in [5, 5.41) is 5.89. The standard InChI is InChI=1S/C32H36N4O6/c1-22-6-8-23(9-7-22)21-36-28(31(38)33-14-15-35-16-18-41-19-17-35)29(42-32(36)39)24-10-12-26(13-11-24)34-30(37)25-4-3-5-27(20-25)40-2/h3-13,20,28-29H,14-19,21H2,1-2H3,(H,33,38)(H,34,37). The maximum atomic E-state index is 13.6. The molecule has 2 saturated heterocycles. The fourth-order valence-corrected chi connectivity index (χ4v) is 5.09. The number of cyclic esters (lactones) is 1. The molecule has 3 aromatic carbocycles. The molecule has 220 valence electrons. The zero-order chi connectivity index (χ0) is 29.5. The number of benzene rings is 3. The molecule has 2 fully saturated rings. The summed E-state index contributed by atoms with van der Waals surface area (Å²) >= 11 is 0. The molecule has 0 saturated carbocycles. The van der Waals surface area contributed by atoms with E-state index in [1.54, 1.807) is 55.6 Å². The van der Waals surface area contributed by atoms with Gasteiger partial charge in [0.15, 0.2) is 12.1 Å². The number of carbonyl (C=O) groups is 3. The Balaban J connectivity index is 1.31. The maximum Gasteiger partial charge on any atom is 0.411 e. The molecule has 0 spiro atoms. The van der Waals surface area contributed by atoms with Crippen LogP contribution in [0.1, 0.15) is 33.2 Å². The highest BCUT2D eigenvalue weighted by atomic mass is 16.6. The molecule has 2 aliphatic heterocycles. The van der Waals surface area contributed by atoms with E-state index in [4.69, 9.17) is 14.2 Å². The minimum atomic E-state index is -0.860. The molecular weight excluding hydrogens is 536 g/mol. The Morgan fingerprint density at radius 1 is 1.00 bits per heavy atom. The number of ether oxygens (including phenoxy) is 3. The summed E-state index contributed by atoms with van der Waals surface area (Å²) in [6, 6.07) is 20.9. The minimum absolute atomic E-state index is 0.242. The van der Waals surface area contributed by atoms with Crippen molar-refractivity contribution in [1.29, 1.82) is 0 Å². The molecule has 3 amide bonds. The molecule has 2 aliphatic rings. The monoisotopic (exact) mass is 572 g/mol. The van der Waals surface area contributed by atoms with Gasteiger partial charge < -0.3 is 24.8 Å². The van der Waals surface area contributed by atoms with Crippen molar-refractivity contribution >= 4 is 23.6 Å². The Hall–Kier alpha value is -4.41. The third-order valence-electron chi connectivity index (χ3n) is 7.49. The predicted molar refractivity (Wildman–Crippen MR) is 157 cm³/mol. The average Bonchev–Trinajstić information content (AvgIpc) is 3.34. The number of nitrogens with one attached hydrogen (secondary N) is 2. The third kappa shape index (κ3) is 7.07. The molecule has 10 nitrogen and oxygen atoms in total. The molecule has 2 N–H and O–H groups in total. The lowest BCUT2D eigenvalue weighted by Crippen LogP contribution is -2.48. The highest BCUT2D eigenvalue weighted by Crippen LogP contribution is 2.34. The predicted octanol–water partition coefficient (Wildman–Crippen LogP) is 3.77. The van der Waals surface area contributed by atoms with Crippen LogP contribution in [0.3, 0.4) is 0 Å². The fraction of sp³-hybridized carbons (Fsp3) is 0.344. The summed E-state index contributed by atoms with van der Waals surface area (Å²) in [6.45, 7) is 6.39. The van der Waals surface area contributed by atoms with E-state index >= 15 is 0 Å². The van der Waals surface area contributed by atoms with Gasteiger partial charge in [0, 0.05) is 37.4 Å². The zero-order valence-corrected chi connectivity index (χ0v) is 23.9. The first-order valence-corrected chi connectivity index (χ1v) is 14.1. The van der Waals surface area contributed by atoms with Crippen molar-refractivity contribution in [3.8, 4) is 5.75 Å². The number of amides is 3. The molecule has 2 atom stereocenters. The SMILES string of the molecule is COc1cccc(C(=O)Nc2ccc(C3OC(=O)N(Cc4ccc(C)cc4)C3C(=O)NCCN3CCOCC3)cc2)c1. The largest absolute Gasteiger partial charge is 0.497 e. The number of nitrogens with zero attached hydrogens (tertiary/aromatic N) is 2. The Morgan fingerprint density at radius 2 is 1.74 bits per heavy atom. The van der Waals surface area contributed by atoms with E-state index in [0.717, 1.165) is 24.2 Å². The number of rotatable bonds is 10. The van der Waals surface area contributed by atoms with Crippen LogP contribution in [0.2, 0.25) is 0 Å². The lowest BCUT2D eigenvalue weighted by molar-refractivity contribution is -0.126. The Labute approximate surface area is 245 Å². The van der Waals surface area contributed by atoms with Crippen LogP contribution >= 0.6 is 0 Å². The van der Waals surface area contributed by atoms with Crippen LogP contribution in [-0.4, -0.2) is 80.3 Å². The second-order valence-electron chi connectivity index (χ2n) is 10.4. The van der Waals surface area contributed by atoms with Crippen LogP contribution in [0, 0.1) is 6.92 Å². The summed E-state index contributed by atoms with van der Waals surface area (Å²) in [6.07, 6.45) is -1.36.